The highest BCUT2D eigenvalue weighted by Gasteiger charge is 2.12. The molecule has 1 heterocycles. The fraction of sp³-hybridized carbons (Fsp3) is 0.304. The first kappa shape index (κ1) is 19.8. The largest absolute Gasteiger partial charge is 0.441 e. The monoisotopic (exact) mass is 380 g/mol. The first-order valence-electron chi connectivity index (χ1n) is 9.52. The smallest absolute Gasteiger partial charge is 0.220 e. The number of amides is 1. The van der Waals surface area contributed by atoms with Crippen LogP contribution in [0.5, 0.6) is 0 Å². The standard InChI is InChI=1S/C23H25FN2O2/c1-15(2)17-4-6-18(7-5-17)16(3)26-22(27)12-13-23-25-14-21(28-23)19-8-10-20(24)11-9-19/h4-11,14-16H,12-13H2,1-3H3,(H,26,27)/t16-/m0/s1. The van der Waals surface area contributed by atoms with Gasteiger partial charge < -0.3 is 9.73 Å². The van der Waals surface area contributed by atoms with Gasteiger partial charge in [0.25, 0.3) is 0 Å². The number of halogens is 1. The molecule has 0 spiro atoms. The summed E-state index contributed by atoms with van der Waals surface area (Å²) in [5.74, 6) is 1.19. The Bertz CT molecular complexity index is 915. The van der Waals surface area contributed by atoms with E-state index in [1.165, 1.54) is 17.7 Å². The Kier molecular flexibility index (Phi) is 6.24. The van der Waals surface area contributed by atoms with Gasteiger partial charge in [-0.1, -0.05) is 38.1 Å². The molecule has 3 rings (SSSR count). The molecule has 0 bridgehead atoms. The van der Waals surface area contributed by atoms with Crippen molar-refractivity contribution in [2.75, 3.05) is 0 Å². The molecule has 1 atom stereocenters. The fourth-order valence-electron chi connectivity index (χ4n) is 2.96. The van der Waals surface area contributed by atoms with Crippen LogP contribution in [0.4, 0.5) is 4.39 Å². The van der Waals surface area contributed by atoms with Gasteiger partial charge in [0.05, 0.1) is 12.2 Å². The van der Waals surface area contributed by atoms with Crippen LogP contribution in [0.15, 0.2) is 59.1 Å². The van der Waals surface area contributed by atoms with Crippen molar-refractivity contribution in [1.29, 1.82) is 0 Å². The number of hydrogen-bond donors (Lipinski definition) is 1. The molecule has 4 nitrogen and oxygen atoms in total. The van der Waals surface area contributed by atoms with Crippen molar-refractivity contribution in [3.8, 4) is 11.3 Å². The topological polar surface area (TPSA) is 55.1 Å². The Morgan fingerprint density at radius 1 is 1.04 bits per heavy atom. The van der Waals surface area contributed by atoms with E-state index in [1.54, 1.807) is 18.3 Å². The van der Waals surface area contributed by atoms with Crippen LogP contribution in [0.2, 0.25) is 0 Å². The highest BCUT2D eigenvalue weighted by Crippen LogP contribution is 2.22. The lowest BCUT2D eigenvalue weighted by Gasteiger charge is -2.15. The van der Waals surface area contributed by atoms with Crippen molar-refractivity contribution in [3.63, 3.8) is 0 Å². The molecule has 5 heteroatoms. The summed E-state index contributed by atoms with van der Waals surface area (Å²) in [5, 5.41) is 3.01. The summed E-state index contributed by atoms with van der Waals surface area (Å²) < 4.78 is 18.7. The number of aryl methyl sites for hydroxylation is 1. The van der Waals surface area contributed by atoms with Gasteiger partial charge in [0.1, 0.15) is 5.82 Å². The maximum Gasteiger partial charge on any atom is 0.220 e. The normalized spacial score (nSPS) is 12.2. The molecular formula is C23H25FN2O2. The Labute approximate surface area is 164 Å². The van der Waals surface area contributed by atoms with Gasteiger partial charge in [0.2, 0.25) is 5.91 Å². The molecule has 0 aliphatic carbocycles. The Morgan fingerprint density at radius 2 is 1.68 bits per heavy atom. The van der Waals surface area contributed by atoms with Crippen molar-refractivity contribution in [1.82, 2.24) is 10.3 Å². The van der Waals surface area contributed by atoms with Crippen LogP contribution in [-0.2, 0) is 11.2 Å². The van der Waals surface area contributed by atoms with Crippen LogP contribution in [0.3, 0.4) is 0 Å². The van der Waals surface area contributed by atoms with Gasteiger partial charge in [-0.2, -0.15) is 0 Å². The van der Waals surface area contributed by atoms with Gasteiger partial charge in [-0.3, -0.25) is 4.79 Å². The summed E-state index contributed by atoms with van der Waals surface area (Å²) in [6.07, 6.45) is 2.29. The molecule has 28 heavy (non-hydrogen) atoms. The summed E-state index contributed by atoms with van der Waals surface area (Å²) in [7, 11) is 0. The van der Waals surface area contributed by atoms with Gasteiger partial charge in [-0.05, 0) is 48.2 Å². The zero-order chi connectivity index (χ0) is 20.1. The third kappa shape index (κ3) is 5.06. The van der Waals surface area contributed by atoms with E-state index in [2.05, 4.69) is 48.4 Å². The Balaban J connectivity index is 1.52. The van der Waals surface area contributed by atoms with Gasteiger partial charge >= 0.3 is 0 Å². The summed E-state index contributed by atoms with van der Waals surface area (Å²) in [4.78, 5) is 16.5. The number of nitrogens with zero attached hydrogens (tertiary/aromatic N) is 1. The molecule has 146 valence electrons. The van der Waals surface area contributed by atoms with Crippen molar-refractivity contribution in [2.24, 2.45) is 0 Å². The van der Waals surface area contributed by atoms with E-state index in [0.717, 1.165) is 11.1 Å². The quantitative estimate of drug-likeness (QED) is 0.596. The molecule has 0 unspecified atom stereocenters. The summed E-state index contributed by atoms with van der Waals surface area (Å²) >= 11 is 0. The third-order valence-electron chi connectivity index (χ3n) is 4.73. The average Bonchev–Trinajstić information content (AvgIpc) is 3.16. The van der Waals surface area contributed by atoms with Crippen molar-refractivity contribution in [3.05, 3.63) is 77.6 Å². The van der Waals surface area contributed by atoms with Crippen LogP contribution < -0.4 is 5.32 Å². The fourth-order valence-corrected chi connectivity index (χ4v) is 2.96. The van der Waals surface area contributed by atoms with E-state index < -0.39 is 0 Å². The van der Waals surface area contributed by atoms with E-state index >= 15 is 0 Å². The lowest BCUT2D eigenvalue weighted by Crippen LogP contribution is -2.26. The SMILES string of the molecule is CC(C)c1ccc([C@H](C)NC(=O)CCc2ncc(-c3ccc(F)cc3)o2)cc1. The summed E-state index contributed by atoms with van der Waals surface area (Å²) in [6.45, 7) is 6.29. The maximum atomic E-state index is 13.0. The van der Waals surface area contributed by atoms with E-state index in [-0.39, 0.29) is 24.2 Å². The molecule has 1 amide bonds. The minimum atomic E-state index is -0.298. The highest BCUT2D eigenvalue weighted by molar-refractivity contribution is 5.76. The predicted molar refractivity (Wildman–Crippen MR) is 107 cm³/mol. The van der Waals surface area contributed by atoms with Crippen LogP contribution >= 0.6 is 0 Å². The maximum absolute atomic E-state index is 13.0. The lowest BCUT2D eigenvalue weighted by atomic mass is 9.99. The number of benzene rings is 2. The van der Waals surface area contributed by atoms with Gasteiger partial charge in [0, 0.05) is 18.4 Å². The predicted octanol–water partition coefficient (Wildman–Crippen LogP) is 5.41. The highest BCUT2D eigenvalue weighted by atomic mass is 19.1. The minimum Gasteiger partial charge on any atom is -0.441 e. The zero-order valence-electron chi connectivity index (χ0n) is 16.4. The van der Waals surface area contributed by atoms with E-state index in [1.807, 2.05) is 6.92 Å². The van der Waals surface area contributed by atoms with Gasteiger partial charge in [-0.25, -0.2) is 9.37 Å². The van der Waals surface area contributed by atoms with E-state index in [9.17, 15) is 9.18 Å². The van der Waals surface area contributed by atoms with Gasteiger partial charge in [-0.15, -0.1) is 0 Å². The van der Waals surface area contributed by atoms with Crippen LogP contribution in [0.1, 0.15) is 56.2 Å². The average molecular weight is 380 g/mol. The number of carbonyl (C=O) groups excluding carboxylic acids is 1. The number of aromatic nitrogens is 1. The summed E-state index contributed by atoms with van der Waals surface area (Å²) in [6, 6.07) is 14.3. The second kappa shape index (κ2) is 8.83. The number of oxazole rings is 1. The molecule has 0 saturated carbocycles. The molecule has 0 fully saturated rings. The Morgan fingerprint density at radius 3 is 2.32 bits per heavy atom. The molecule has 0 aliphatic heterocycles. The van der Waals surface area contributed by atoms with Crippen LogP contribution in [0, 0.1) is 5.82 Å². The molecular weight excluding hydrogens is 355 g/mol. The van der Waals surface area contributed by atoms with E-state index in [0.29, 0.717) is 24.0 Å². The van der Waals surface area contributed by atoms with Gasteiger partial charge in [0.15, 0.2) is 11.7 Å². The first-order valence-corrected chi connectivity index (χ1v) is 9.52. The van der Waals surface area contributed by atoms with Crippen LogP contribution in [0.25, 0.3) is 11.3 Å². The number of nitrogens with one attached hydrogen (secondary N) is 1. The zero-order valence-corrected chi connectivity index (χ0v) is 16.4. The summed E-state index contributed by atoms with van der Waals surface area (Å²) in [5.41, 5.74) is 3.11. The number of carbonyl (C=O) groups is 1. The molecule has 0 aliphatic rings. The second-order valence-electron chi connectivity index (χ2n) is 7.24. The third-order valence-corrected chi connectivity index (χ3v) is 4.73. The molecule has 1 N–H and O–H groups in total. The number of hydrogen-bond acceptors (Lipinski definition) is 3. The molecule has 3 aromatic rings. The van der Waals surface area contributed by atoms with Crippen molar-refractivity contribution >= 4 is 5.91 Å². The lowest BCUT2D eigenvalue weighted by molar-refractivity contribution is -0.121. The second-order valence-corrected chi connectivity index (χ2v) is 7.24. The van der Waals surface area contributed by atoms with Crippen LogP contribution in [-0.4, -0.2) is 10.9 Å². The van der Waals surface area contributed by atoms with Crippen molar-refractivity contribution in [2.45, 2.75) is 45.6 Å². The number of rotatable bonds is 7. The molecule has 0 saturated heterocycles. The van der Waals surface area contributed by atoms with Crippen molar-refractivity contribution < 1.29 is 13.6 Å². The molecule has 2 aromatic carbocycles. The minimum absolute atomic E-state index is 0.0537. The molecule has 0 radical (unpaired) electrons. The Hall–Kier alpha value is -2.95. The first-order chi connectivity index (χ1) is 13.4. The van der Waals surface area contributed by atoms with E-state index in [4.69, 9.17) is 4.42 Å². The molecule has 1 aromatic heterocycles.